The number of aromatic amines is 1. The van der Waals surface area contributed by atoms with Crippen molar-refractivity contribution in [2.24, 2.45) is 0 Å². The Morgan fingerprint density at radius 1 is 0.882 bits per heavy atom. The standard InChI is InChI=1S/C28H22N2O4/c31-25-14-15-33-27(26(25)34-18-20-6-2-1-3-7-20)28(32)29-17-19-10-12-21(13-11-19)24-16-22-8-4-5-9-23(22)30-24/h1-16,30H,17-18H2,(H,29,32). The molecule has 0 aliphatic carbocycles. The van der Waals surface area contributed by atoms with Gasteiger partial charge in [-0.1, -0.05) is 72.8 Å². The summed E-state index contributed by atoms with van der Waals surface area (Å²) in [5, 5.41) is 3.96. The van der Waals surface area contributed by atoms with Gasteiger partial charge in [-0.15, -0.1) is 0 Å². The number of rotatable bonds is 7. The van der Waals surface area contributed by atoms with Gasteiger partial charge in [0.05, 0.1) is 6.26 Å². The summed E-state index contributed by atoms with van der Waals surface area (Å²) in [6.45, 7) is 0.438. The lowest BCUT2D eigenvalue weighted by Gasteiger charge is -2.10. The Hall–Kier alpha value is -4.58. The molecule has 0 bridgehead atoms. The Kier molecular flexibility index (Phi) is 5.95. The van der Waals surface area contributed by atoms with Crippen LogP contribution in [0.4, 0.5) is 0 Å². The van der Waals surface area contributed by atoms with Gasteiger partial charge in [0.2, 0.25) is 16.9 Å². The zero-order valence-electron chi connectivity index (χ0n) is 18.3. The van der Waals surface area contributed by atoms with E-state index < -0.39 is 11.3 Å². The van der Waals surface area contributed by atoms with E-state index in [2.05, 4.69) is 22.4 Å². The Bertz CT molecular complexity index is 1450. The second-order valence-corrected chi connectivity index (χ2v) is 7.87. The molecule has 6 heteroatoms. The van der Waals surface area contributed by atoms with Crippen LogP contribution in [0.15, 0.2) is 106 Å². The smallest absolute Gasteiger partial charge is 0.291 e. The number of fused-ring (bicyclic) bond motifs is 1. The third kappa shape index (κ3) is 4.61. The second-order valence-electron chi connectivity index (χ2n) is 7.87. The van der Waals surface area contributed by atoms with Gasteiger partial charge < -0.3 is 19.5 Å². The highest BCUT2D eigenvalue weighted by Gasteiger charge is 2.19. The quantitative estimate of drug-likeness (QED) is 0.353. The van der Waals surface area contributed by atoms with Crippen molar-refractivity contribution >= 4 is 16.8 Å². The topological polar surface area (TPSA) is 84.3 Å². The number of aromatic nitrogens is 1. The molecule has 2 aromatic heterocycles. The van der Waals surface area contributed by atoms with Crippen LogP contribution in [0.1, 0.15) is 21.7 Å². The molecule has 0 atom stereocenters. The molecule has 0 aliphatic heterocycles. The van der Waals surface area contributed by atoms with Crippen LogP contribution in [0.25, 0.3) is 22.2 Å². The molecule has 0 saturated heterocycles. The summed E-state index contributed by atoms with van der Waals surface area (Å²) in [4.78, 5) is 28.5. The van der Waals surface area contributed by atoms with E-state index in [0.717, 1.165) is 33.3 Å². The predicted octanol–water partition coefficient (Wildman–Crippen LogP) is 5.30. The number of para-hydroxylation sites is 1. The molecule has 168 valence electrons. The molecular formula is C28H22N2O4. The van der Waals surface area contributed by atoms with E-state index in [-0.39, 0.29) is 24.7 Å². The van der Waals surface area contributed by atoms with Crippen molar-refractivity contribution in [2.75, 3.05) is 0 Å². The monoisotopic (exact) mass is 450 g/mol. The average molecular weight is 450 g/mol. The minimum absolute atomic E-state index is 0.0991. The molecular weight excluding hydrogens is 428 g/mol. The summed E-state index contributed by atoms with van der Waals surface area (Å²) < 4.78 is 11.0. The van der Waals surface area contributed by atoms with Crippen molar-refractivity contribution in [3.63, 3.8) is 0 Å². The van der Waals surface area contributed by atoms with E-state index >= 15 is 0 Å². The summed E-state index contributed by atoms with van der Waals surface area (Å²) in [6, 6.07) is 28.8. The predicted molar refractivity (Wildman–Crippen MR) is 131 cm³/mol. The molecule has 5 aromatic rings. The lowest BCUT2D eigenvalue weighted by atomic mass is 10.1. The number of H-pyrrole nitrogens is 1. The maximum Gasteiger partial charge on any atom is 0.291 e. The van der Waals surface area contributed by atoms with Crippen LogP contribution in [0.2, 0.25) is 0 Å². The van der Waals surface area contributed by atoms with Gasteiger partial charge in [0.1, 0.15) is 6.61 Å². The molecule has 6 nitrogen and oxygen atoms in total. The number of carbonyl (C=O) groups is 1. The Morgan fingerprint density at radius 3 is 2.44 bits per heavy atom. The van der Waals surface area contributed by atoms with Gasteiger partial charge >= 0.3 is 0 Å². The molecule has 0 spiro atoms. The molecule has 3 aromatic carbocycles. The summed E-state index contributed by atoms with van der Waals surface area (Å²) in [7, 11) is 0. The van der Waals surface area contributed by atoms with Gasteiger partial charge in [-0.05, 0) is 28.8 Å². The molecule has 0 fully saturated rings. The third-order valence-electron chi connectivity index (χ3n) is 5.52. The van der Waals surface area contributed by atoms with Gasteiger partial charge in [-0.3, -0.25) is 9.59 Å². The van der Waals surface area contributed by atoms with Crippen LogP contribution < -0.4 is 15.5 Å². The van der Waals surface area contributed by atoms with Gasteiger partial charge in [0, 0.05) is 29.2 Å². The van der Waals surface area contributed by atoms with Crippen LogP contribution in [-0.2, 0) is 13.2 Å². The van der Waals surface area contributed by atoms with E-state index in [9.17, 15) is 9.59 Å². The molecule has 2 N–H and O–H groups in total. The maximum absolute atomic E-state index is 12.8. The van der Waals surface area contributed by atoms with E-state index in [0.29, 0.717) is 0 Å². The minimum Gasteiger partial charge on any atom is -0.481 e. The van der Waals surface area contributed by atoms with Crippen molar-refractivity contribution in [1.82, 2.24) is 10.3 Å². The van der Waals surface area contributed by atoms with E-state index in [1.54, 1.807) is 0 Å². The summed E-state index contributed by atoms with van der Waals surface area (Å²) in [6.07, 6.45) is 1.20. The number of hydrogen-bond donors (Lipinski definition) is 2. The fourth-order valence-corrected chi connectivity index (χ4v) is 3.72. The fraction of sp³-hybridized carbons (Fsp3) is 0.0714. The van der Waals surface area contributed by atoms with E-state index in [1.807, 2.05) is 72.8 Å². The lowest BCUT2D eigenvalue weighted by Crippen LogP contribution is -2.25. The molecule has 5 rings (SSSR count). The van der Waals surface area contributed by atoms with Crippen molar-refractivity contribution in [1.29, 1.82) is 0 Å². The van der Waals surface area contributed by atoms with Crippen molar-refractivity contribution in [2.45, 2.75) is 13.2 Å². The molecule has 1 amide bonds. The zero-order valence-corrected chi connectivity index (χ0v) is 18.3. The SMILES string of the molecule is O=C(NCc1ccc(-c2cc3ccccc3[nH]2)cc1)c1occc(=O)c1OCc1ccccc1. The number of ether oxygens (including phenoxy) is 1. The van der Waals surface area contributed by atoms with Gasteiger partial charge in [0.15, 0.2) is 0 Å². The largest absolute Gasteiger partial charge is 0.481 e. The van der Waals surface area contributed by atoms with E-state index in [1.165, 1.54) is 12.3 Å². The normalized spacial score (nSPS) is 10.8. The first kappa shape index (κ1) is 21.3. The average Bonchev–Trinajstić information content (AvgIpc) is 3.32. The first-order valence-corrected chi connectivity index (χ1v) is 10.9. The van der Waals surface area contributed by atoms with Crippen molar-refractivity contribution in [3.8, 4) is 17.0 Å². The second kappa shape index (κ2) is 9.50. The third-order valence-corrected chi connectivity index (χ3v) is 5.52. The number of hydrogen-bond acceptors (Lipinski definition) is 4. The summed E-state index contributed by atoms with van der Waals surface area (Å²) in [5.41, 5.74) is 4.56. The minimum atomic E-state index is -0.513. The first-order chi connectivity index (χ1) is 16.7. The highest BCUT2D eigenvalue weighted by Crippen LogP contribution is 2.24. The number of carbonyl (C=O) groups excluding carboxylic acids is 1. The molecule has 0 saturated carbocycles. The highest BCUT2D eigenvalue weighted by atomic mass is 16.5. The molecule has 0 aliphatic rings. The van der Waals surface area contributed by atoms with Crippen molar-refractivity contribution in [3.05, 3.63) is 124 Å². The summed E-state index contributed by atoms with van der Waals surface area (Å²) in [5.74, 6) is -0.753. The molecule has 0 unspecified atom stereocenters. The van der Waals surface area contributed by atoms with Gasteiger partial charge in [-0.25, -0.2) is 0 Å². The van der Waals surface area contributed by atoms with Crippen LogP contribution in [-0.4, -0.2) is 10.9 Å². The van der Waals surface area contributed by atoms with Crippen LogP contribution >= 0.6 is 0 Å². The fourth-order valence-electron chi connectivity index (χ4n) is 3.72. The highest BCUT2D eigenvalue weighted by molar-refractivity contribution is 5.93. The van der Waals surface area contributed by atoms with Crippen LogP contribution in [0.3, 0.4) is 0 Å². The van der Waals surface area contributed by atoms with Crippen LogP contribution in [0.5, 0.6) is 5.75 Å². The maximum atomic E-state index is 12.8. The van der Waals surface area contributed by atoms with Crippen LogP contribution in [0, 0.1) is 0 Å². The number of amides is 1. The molecule has 2 heterocycles. The van der Waals surface area contributed by atoms with Gasteiger partial charge in [-0.2, -0.15) is 0 Å². The Morgan fingerprint density at radius 2 is 1.65 bits per heavy atom. The first-order valence-electron chi connectivity index (χ1n) is 10.9. The van der Waals surface area contributed by atoms with Crippen molar-refractivity contribution < 1.29 is 13.9 Å². The molecule has 0 radical (unpaired) electrons. The summed E-state index contributed by atoms with van der Waals surface area (Å²) >= 11 is 0. The Balaban J connectivity index is 1.26. The van der Waals surface area contributed by atoms with Gasteiger partial charge in [0.25, 0.3) is 5.91 Å². The number of nitrogens with one attached hydrogen (secondary N) is 2. The molecule has 34 heavy (non-hydrogen) atoms. The van der Waals surface area contributed by atoms with E-state index in [4.69, 9.17) is 9.15 Å². The Labute approximate surface area is 195 Å². The number of benzene rings is 3. The zero-order chi connectivity index (χ0) is 23.3. The lowest BCUT2D eigenvalue weighted by molar-refractivity contribution is 0.0912.